The van der Waals surface area contributed by atoms with Crippen LogP contribution >= 0.6 is 11.6 Å². The summed E-state index contributed by atoms with van der Waals surface area (Å²) in [6.45, 7) is 0. The van der Waals surface area contributed by atoms with Crippen molar-refractivity contribution in [3.05, 3.63) is 22.7 Å². The van der Waals surface area contributed by atoms with E-state index in [1.54, 1.807) is 0 Å². The number of primary sulfonamides is 1. The Kier molecular flexibility index (Phi) is 2.89. The lowest BCUT2D eigenvalue weighted by molar-refractivity contribution is 0.0696. The Labute approximate surface area is 90.5 Å². The molecule has 0 radical (unpaired) electrons. The standard InChI is InChI=1S/C7H7ClN2O4S/c8-6-4(9)1-3(7(11)12)2-5(6)15(10,13)14/h1-2H,9H2,(H,11,12)(H2,10,13,14). The van der Waals surface area contributed by atoms with Crippen molar-refractivity contribution in [3.63, 3.8) is 0 Å². The lowest BCUT2D eigenvalue weighted by Gasteiger charge is -2.06. The minimum Gasteiger partial charge on any atom is -0.478 e. The van der Waals surface area contributed by atoms with Crippen LogP contribution in [0.25, 0.3) is 0 Å². The number of nitrogens with two attached hydrogens (primary N) is 2. The smallest absolute Gasteiger partial charge is 0.335 e. The second kappa shape index (κ2) is 3.69. The van der Waals surface area contributed by atoms with Crippen LogP contribution in [0.4, 0.5) is 5.69 Å². The molecule has 0 saturated heterocycles. The first-order valence-corrected chi connectivity index (χ1v) is 5.51. The summed E-state index contributed by atoms with van der Waals surface area (Å²) < 4.78 is 22.1. The summed E-state index contributed by atoms with van der Waals surface area (Å²) in [5, 5.41) is 13.2. The van der Waals surface area contributed by atoms with Gasteiger partial charge in [-0.15, -0.1) is 0 Å². The molecule has 0 amide bonds. The fraction of sp³-hybridized carbons (Fsp3) is 0. The Balaban J connectivity index is 3.59. The van der Waals surface area contributed by atoms with E-state index in [1.807, 2.05) is 0 Å². The zero-order valence-electron chi connectivity index (χ0n) is 7.27. The van der Waals surface area contributed by atoms with Crippen molar-refractivity contribution in [2.45, 2.75) is 4.90 Å². The van der Waals surface area contributed by atoms with Crippen LogP contribution in [0.15, 0.2) is 17.0 Å². The molecule has 6 nitrogen and oxygen atoms in total. The number of nitrogen functional groups attached to an aromatic ring is 1. The highest BCUT2D eigenvalue weighted by Gasteiger charge is 2.18. The molecule has 0 aliphatic carbocycles. The first-order chi connectivity index (χ1) is 6.73. The molecule has 1 aromatic carbocycles. The number of carboxylic acids is 1. The number of hydrogen-bond donors (Lipinski definition) is 3. The van der Waals surface area contributed by atoms with Gasteiger partial charge in [-0.2, -0.15) is 0 Å². The van der Waals surface area contributed by atoms with Gasteiger partial charge in [-0.05, 0) is 12.1 Å². The summed E-state index contributed by atoms with van der Waals surface area (Å²) in [7, 11) is -4.09. The molecule has 0 atom stereocenters. The number of hydrogen-bond acceptors (Lipinski definition) is 4. The molecule has 0 aliphatic rings. The lowest BCUT2D eigenvalue weighted by Crippen LogP contribution is -2.14. The minimum absolute atomic E-state index is 0.152. The molecule has 82 valence electrons. The second-order valence-electron chi connectivity index (χ2n) is 2.73. The summed E-state index contributed by atoms with van der Waals surface area (Å²) >= 11 is 5.58. The quantitative estimate of drug-likeness (QED) is 0.650. The average Bonchev–Trinajstić information content (AvgIpc) is 2.06. The van der Waals surface area contributed by atoms with E-state index in [0.29, 0.717) is 0 Å². The maximum atomic E-state index is 11.0. The van der Waals surface area contributed by atoms with E-state index in [1.165, 1.54) is 0 Å². The van der Waals surface area contributed by atoms with E-state index in [4.69, 9.17) is 27.6 Å². The zero-order valence-corrected chi connectivity index (χ0v) is 8.84. The molecule has 0 spiro atoms. The SMILES string of the molecule is Nc1cc(C(=O)O)cc(S(N)(=O)=O)c1Cl. The summed E-state index contributed by atoms with van der Waals surface area (Å²) in [5.74, 6) is -1.32. The summed E-state index contributed by atoms with van der Waals surface area (Å²) in [5.41, 5.74) is 4.90. The van der Waals surface area contributed by atoms with Gasteiger partial charge in [-0.1, -0.05) is 11.6 Å². The topological polar surface area (TPSA) is 123 Å². The third-order valence-corrected chi connectivity index (χ3v) is 3.09. The number of rotatable bonds is 2. The highest BCUT2D eigenvalue weighted by molar-refractivity contribution is 7.89. The molecule has 1 aromatic rings. The first-order valence-electron chi connectivity index (χ1n) is 3.58. The molecule has 0 saturated carbocycles. The normalized spacial score (nSPS) is 11.3. The largest absolute Gasteiger partial charge is 0.478 e. The number of sulfonamides is 1. The molecule has 0 fully saturated rings. The van der Waals surface area contributed by atoms with Crippen molar-refractivity contribution in [1.29, 1.82) is 0 Å². The average molecular weight is 251 g/mol. The number of benzene rings is 1. The van der Waals surface area contributed by atoms with Crippen LogP contribution in [0.3, 0.4) is 0 Å². The number of aromatic carboxylic acids is 1. The van der Waals surface area contributed by atoms with Crippen molar-refractivity contribution in [2.24, 2.45) is 5.14 Å². The van der Waals surface area contributed by atoms with Crippen LogP contribution < -0.4 is 10.9 Å². The van der Waals surface area contributed by atoms with Crippen molar-refractivity contribution in [2.75, 3.05) is 5.73 Å². The molecule has 15 heavy (non-hydrogen) atoms. The monoisotopic (exact) mass is 250 g/mol. The van der Waals surface area contributed by atoms with E-state index < -0.39 is 20.9 Å². The minimum atomic E-state index is -4.09. The zero-order chi connectivity index (χ0) is 11.8. The Morgan fingerprint density at radius 3 is 2.33 bits per heavy atom. The second-order valence-corrected chi connectivity index (χ2v) is 4.64. The lowest BCUT2D eigenvalue weighted by atomic mass is 10.2. The Morgan fingerprint density at radius 2 is 1.93 bits per heavy atom. The van der Waals surface area contributed by atoms with Gasteiger partial charge in [0.1, 0.15) is 4.90 Å². The predicted molar refractivity (Wildman–Crippen MR) is 54.2 cm³/mol. The maximum Gasteiger partial charge on any atom is 0.335 e. The van der Waals surface area contributed by atoms with Crippen LogP contribution in [0.2, 0.25) is 5.02 Å². The predicted octanol–water partition coefficient (Wildman–Crippen LogP) is 0.268. The number of anilines is 1. The van der Waals surface area contributed by atoms with E-state index in [2.05, 4.69) is 0 Å². The molecule has 0 aliphatic heterocycles. The summed E-state index contributed by atoms with van der Waals surface area (Å²) in [6, 6.07) is 1.91. The van der Waals surface area contributed by atoms with Crippen LogP contribution in [-0.4, -0.2) is 19.5 Å². The Morgan fingerprint density at radius 1 is 1.40 bits per heavy atom. The van der Waals surface area contributed by atoms with Gasteiger partial charge in [-0.3, -0.25) is 0 Å². The highest BCUT2D eigenvalue weighted by Crippen LogP contribution is 2.28. The van der Waals surface area contributed by atoms with E-state index in [0.717, 1.165) is 12.1 Å². The third kappa shape index (κ3) is 2.38. The van der Waals surface area contributed by atoms with E-state index >= 15 is 0 Å². The molecule has 0 heterocycles. The van der Waals surface area contributed by atoms with Crippen LogP contribution in [0, 0.1) is 0 Å². The van der Waals surface area contributed by atoms with Crippen molar-refractivity contribution >= 4 is 33.3 Å². The van der Waals surface area contributed by atoms with Gasteiger partial charge in [0.05, 0.1) is 16.3 Å². The van der Waals surface area contributed by atoms with Gasteiger partial charge < -0.3 is 10.8 Å². The number of halogens is 1. The molecule has 0 bridgehead atoms. The third-order valence-electron chi connectivity index (χ3n) is 1.62. The van der Waals surface area contributed by atoms with Crippen molar-refractivity contribution < 1.29 is 18.3 Å². The van der Waals surface area contributed by atoms with Gasteiger partial charge >= 0.3 is 5.97 Å². The van der Waals surface area contributed by atoms with Crippen molar-refractivity contribution in [1.82, 2.24) is 0 Å². The van der Waals surface area contributed by atoms with Crippen LogP contribution in [-0.2, 0) is 10.0 Å². The molecule has 8 heteroatoms. The Hall–Kier alpha value is -1.31. The molecule has 0 aromatic heterocycles. The van der Waals surface area contributed by atoms with Gasteiger partial charge in [0.25, 0.3) is 0 Å². The van der Waals surface area contributed by atoms with Crippen molar-refractivity contribution in [3.8, 4) is 0 Å². The van der Waals surface area contributed by atoms with Crippen LogP contribution in [0.1, 0.15) is 10.4 Å². The highest BCUT2D eigenvalue weighted by atomic mass is 35.5. The molecular formula is C7H7ClN2O4S. The van der Waals surface area contributed by atoms with Gasteiger partial charge in [0.2, 0.25) is 10.0 Å². The Bertz CT molecular complexity index is 526. The summed E-state index contributed by atoms with van der Waals surface area (Å²) in [4.78, 5) is 10.1. The molecule has 0 unspecified atom stereocenters. The number of carbonyl (C=O) groups is 1. The fourth-order valence-electron chi connectivity index (χ4n) is 0.950. The molecular weight excluding hydrogens is 244 g/mol. The van der Waals surface area contributed by atoms with Gasteiger partial charge in [0.15, 0.2) is 0 Å². The first kappa shape index (κ1) is 11.8. The van der Waals surface area contributed by atoms with Crippen LogP contribution in [0.5, 0.6) is 0 Å². The number of carboxylic acid groups (broad SMARTS) is 1. The maximum absolute atomic E-state index is 11.0. The molecule has 5 N–H and O–H groups in total. The van der Waals surface area contributed by atoms with E-state index in [9.17, 15) is 13.2 Å². The van der Waals surface area contributed by atoms with E-state index in [-0.39, 0.29) is 16.3 Å². The molecule has 1 rings (SSSR count). The summed E-state index contributed by atoms with van der Waals surface area (Å²) in [6.07, 6.45) is 0. The fourth-order valence-corrected chi connectivity index (χ4v) is 2.04. The van der Waals surface area contributed by atoms with Gasteiger partial charge in [-0.25, -0.2) is 18.4 Å². The van der Waals surface area contributed by atoms with Gasteiger partial charge in [0, 0.05) is 0 Å².